The number of nitrogens with zero attached hydrogens (tertiary/aromatic N) is 1. The van der Waals surface area contributed by atoms with Gasteiger partial charge in [-0.2, -0.15) is 0 Å². The summed E-state index contributed by atoms with van der Waals surface area (Å²) >= 11 is 0. The first-order valence-electron chi connectivity index (χ1n) is 5.40. The predicted molar refractivity (Wildman–Crippen MR) is 57.5 cm³/mol. The molecule has 4 heteroatoms. The molecule has 86 valence electrons. The molecule has 0 heterocycles. The Kier molecular flexibility index (Phi) is 3.19. The first-order valence-corrected chi connectivity index (χ1v) is 5.40. The van der Waals surface area contributed by atoms with Crippen molar-refractivity contribution in [2.45, 2.75) is 18.9 Å². The minimum absolute atomic E-state index is 0.0383. The molecule has 1 aromatic carbocycles. The highest BCUT2D eigenvalue weighted by molar-refractivity contribution is 5.94. The van der Waals surface area contributed by atoms with Crippen molar-refractivity contribution in [1.29, 1.82) is 0 Å². The lowest BCUT2D eigenvalue weighted by Gasteiger charge is -2.21. The number of halogens is 1. The summed E-state index contributed by atoms with van der Waals surface area (Å²) in [6.07, 6.45) is 1.99. The highest BCUT2D eigenvalue weighted by atomic mass is 19.1. The standard InChI is InChI=1S/C12H14FNO2/c13-10-3-1-9(2-4-10)12(16)14(7-8-15)11-5-6-11/h1-4,11,15H,5-8H2. The van der Waals surface area contributed by atoms with E-state index < -0.39 is 0 Å². The minimum atomic E-state index is -0.350. The fraction of sp³-hybridized carbons (Fsp3) is 0.417. The first kappa shape index (κ1) is 11.1. The van der Waals surface area contributed by atoms with E-state index in [2.05, 4.69) is 0 Å². The quantitative estimate of drug-likeness (QED) is 0.838. The van der Waals surface area contributed by atoms with Gasteiger partial charge in [-0.15, -0.1) is 0 Å². The van der Waals surface area contributed by atoms with Crippen LogP contribution in [-0.4, -0.2) is 35.1 Å². The number of hydrogen-bond acceptors (Lipinski definition) is 2. The van der Waals surface area contributed by atoms with Crippen molar-refractivity contribution in [3.63, 3.8) is 0 Å². The molecular formula is C12H14FNO2. The fourth-order valence-corrected chi connectivity index (χ4v) is 1.70. The van der Waals surface area contributed by atoms with Crippen LogP contribution in [0.1, 0.15) is 23.2 Å². The van der Waals surface area contributed by atoms with Crippen LogP contribution in [0.2, 0.25) is 0 Å². The highest BCUT2D eigenvalue weighted by Gasteiger charge is 2.32. The van der Waals surface area contributed by atoms with Gasteiger partial charge in [-0.1, -0.05) is 0 Å². The monoisotopic (exact) mass is 223 g/mol. The molecule has 1 fully saturated rings. The molecule has 0 radical (unpaired) electrons. The van der Waals surface area contributed by atoms with Crippen LogP contribution in [-0.2, 0) is 0 Å². The zero-order chi connectivity index (χ0) is 11.5. The Morgan fingerprint density at radius 3 is 2.50 bits per heavy atom. The number of aliphatic hydroxyl groups excluding tert-OH is 1. The van der Waals surface area contributed by atoms with Gasteiger partial charge >= 0.3 is 0 Å². The van der Waals surface area contributed by atoms with Crippen molar-refractivity contribution in [2.24, 2.45) is 0 Å². The number of benzene rings is 1. The van der Waals surface area contributed by atoms with E-state index in [0.717, 1.165) is 12.8 Å². The van der Waals surface area contributed by atoms with Crippen LogP contribution in [0.15, 0.2) is 24.3 Å². The van der Waals surface area contributed by atoms with E-state index in [4.69, 9.17) is 5.11 Å². The van der Waals surface area contributed by atoms with E-state index in [0.29, 0.717) is 12.1 Å². The lowest BCUT2D eigenvalue weighted by molar-refractivity contribution is 0.0707. The van der Waals surface area contributed by atoms with Crippen LogP contribution < -0.4 is 0 Å². The Hall–Kier alpha value is -1.42. The molecule has 0 atom stereocenters. The molecule has 1 aliphatic rings. The van der Waals surface area contributed by atoms with Crippen molar-refractivity contribution in [1.82, 2.24) is 4.90 Å². The van der Waals surface area contributed by atoms with Crippen LogP contribution in [0.5, 0.6) is 0 Å². The van der Waals surface area contributed by atoms with Crippen molar-refractivity contribution < 1.29 is 14.3 Å². The van der Waals surface area contributed by atoms with Gasteiger partial charge in [-0.05, 0) is 37.1 Å². The number of aliphatic hydroxyl groups is 1. The van der Waals surface area contributed by atoms with E-state index >= 15 is 0 Å². The Balaban J connectivity index is 2.12. The highest BCUT2D eigenvalue weighted by Crippen LogP contribution is 2.27. The molecule has 0 saturated heterocycles. The molecule has 1 aliphatic carbocycles. The summed E-state index contributed by atoms with van der Waals surface area (Å²) in [5, 5.41) is 8.90. The van der Waals surface area contributed by atoms with Crippen LogP contribution in [0.3, 0.4) is 0 Å². The third-order valence-corrected chi connectivity index (χ3v) is 2.68. The summed E-state index contributed by atoms with van der Waals surface area (Å²) < 4.78 is 12.7. The normalized spacial score (nSPS) is 14.9. The molecule has 0 unspecified atom stereocenters. The average molecular weight is 223 g/mol. The van der Waals surface area contributed by atoms with Gasteiger partial charge in [-0.3, -0.25) is 4.79 Å². The van der Waals surface area contributed by atoms with Gasteiger partial charge < -0.3 is 10.0 Å². The molecule has 0 bridgehead atoms. The van der Waals surface area contributed by atoms with Crippen LogP contribution in [0.25, 0.3) is 0 Å². The smallest absolute Gasteiger partial charge is 0.254 e. The summed E-state index contributed by atoms with van der Waals surface area (Å²) in [6, 6.07) is 5.76. The largest absolute Gasteiger partial charge is 0.395 e. The number of carbonyl (C=O) groups excluding carboxylic acids is 1. The molecule has 1 saturated carbocycles. The van der Waals surface area contributed by atoms with E-state index in [1.807, 2.05) is 0 Å². The predicted octanol–water partition coefficient (Wildman–Crippen LogP) is 1.42. The summed E-state index contributed by atoms with van der Waals surface area (Å²) in [5.41, 5.74) is 0.474. The second-order valence-corrected chi connectivity index (χ2v) is 3.96. The fourth-order valence-electron chi connectivity index (χ4n) is 1.70. The lowest BCUT2D eigenvalue weighted by atomic mass is 10.2. The Labute approximate surface area is 93.5 Å². The third-order valence-electron chi connectivity index (χ3n) is 2.68. The Morgan fingerprint density at radius 1 is 1.38 bits per heavy atom. The van der Waals surface area contributed by atoms with Gasteiger partial charge in [-0.25, -0.2) is 4.39 Å². The molecule has 1 aromatic rings. The maximum Gasteiger partial charge on any atom is 0.254 e. The van der Waals surface area contributed by atoms with Gasteiger partial charge in [0.25, 0.3) is 5.91 Å². The zero-order valence-corrected chi connectivity index (χ0v) is 8.90. The second kappa shape index (κ2) is 4.61. The zero-order valence-electron chi connectivity index (χ0n) is 8.90. The average Bonchev–Trinajstić information content (AvgIpc) is 3.10. The van der Waals surface area contributed by atoms with Crippen LogP contribution in [0, 0.1) is 5.82 Å². The maximum atomic E-state index is 12.7. The SMILES string of the molecule is O=C(c1ccc(F)cc1)N(CCO)C1CC1. The van der Waals surface area contributed by atoms with Crippen molar-refractivity contribution in [2.75, 3.05) is 13.2 Å². The van der Waals surface area contributed by atoms with E-state index in [9.17, 15) is 9.18 Å². The van der Waals surface area contributed by atoms with Crippen LogP contribution >= 0.6 is 0 Å². The molecule has 16 heavy (non-hydrogen) atoms. The number of amides is 1. The summed E-state index contributed by atoms with van der Waals surface area (Å²) in [5.74, 6) is -0.478. The van der Waals surface area contributed by atoms with Crippen molar-refractivity contribution >= 4 is 5.91 Å². The van der Waals surface area contributed by atoms with Crippen molar-refractivity contribution in [3.05, 3.63) is 35.6 Å². The number of carbonyl (C=O) groups is 1. The number of hydrogen-bond donors (Lipinski definition) is 1. The summed E-state index contributed by atoms with van der Waals surface area (Å²) in [6.45, 7) is 0.310. The summed E-state index contributed by atoms with van der Waals surface area (Å²) in [4.78, 5) is 13.7. The van der Waals surface area contributed by atoms with Gasteiger partial charge in [0.05, 0.1) is 6.61 Å². The van der Waals surface area contributed by atoms with E-state index in [-0.39, 0.29) is 24.4 Å². The van der Waals surface area contributed by atoms with Gasteiger partial charge in [0.2, 0.25) is 0 Å². The third kappa shape index (κ3) is 2.39. The van der Waals surface area contributed by atoms with E-state index in [1.165, 1.54) is 24.3 Å². The topological polar surface area (TPSA) is 40.5 Å². The number of rotatable bonds is 4. The first-order chi connectivity index (χ1) is 7.72. The molecular weight excluding hydrogens is 209 g/mol. The van der Waals surface area contributed by atoms with Crippen LogP contribution in [0.4, 0.5) is 4.39 Å². The lowest BCUT2D eigenvalue weighted by Crippen LogP contribution is -2.35. The molecule has 1 N–H and O–H groups in total. The van der Waals surface area contributed by atoms with E-state index in [1.54, 1.807) is 4.90 Å². The van der Waals surface area contributed by atoms with Gasteiger partial charge in [0.1, 0.15) is 5.82 Å². The van der Waals surface area contributed by atoms with Gasteiger partial charge in [0.15, 0.2) is 0 Å². The maximum absolute atomic E-state index is 12.7. The Bertz CT molecular complexity index is 373. The molecule has 0 aromatic heterocycles. The molecule has 0 spiro atoms. The molecule has 3 nitrogen and oxygen atoms in total. The molecule has 2 rings (SSSR count). The van der Waals surface area contributed by atoms with Crippen molar-refractivity contribution in [3.8, 4) is 0 Å². The summed E-state index contributed by atoms with van der Waals surface area (Å²) in [7, 11) is 0. The Morgan fingerprint density at radius 2 is 2.00 bits per heavy atom. The molecule has 1 amide bonds. The second-order valence-electron chi connectivity index (χ2n) is 3.96. The van der Waals surface area contributed by atoms with Gasteiger partial charge in [0, 0.05) is 18.2 Å². The minimum Gasteiger partial charge on any atom is -0.395 e. The molecule has 0 aliphatic heterocycles.